The fraction of sp³-hybridized carbons (Fsp3) is 0.194. The Labute approximate surface area is 266 Å². The van der Waals surface area contributed by atoms with E-state index in [1.165, 1.54) is 22.9 Å². The largest absolute Gasteiger partial charge is 0.378 e. The van der Waals surface area contributed by atoms with Gasteiger partial charge in [0.15, 0.2) is 11.6 Å². The fourth-order valence-electron chi connectivity index (χ4n) is 5.08. The molecule has 1 aromatic heterocycles. The van der Waals surface area contributed by atoms with Crippen molar-refractivity contribution in [2.24, 2.45) is 0 Å². The quantitative estimate of drug-likeness (QED) is 0.227. The number of hydrogen-bond donors (Lipinski definition) is 1. The minimum absolute atomic E-state index is 0.109. The zero-order valence-corrected chi connectivity index (χ0v) is 25.0. The molecule has 1 fully saturated rings. The second-order valence-corrected chi connectivity index (χ2v) is 11.0. The van der Waals surface area contributed by atoms with Gasteiger partial charge in [-0.15, -0.1) is 5.10 Å². The molecule has 4 amide bonds. The van der Waals surface area contributed by atoms with Crippen molar-refractivity contribution >= 4 is 52.6 Å². The van der Waals surface area contributed by atoms with Crippen molar-refractivity contribution in [3.63, 3.8) is 0 Å². The van der Waals surface area contributed by atoms with E-state index in [0.717, 1.165) is 4.90 Å². The molecule has 0 spiro atoms. The predicted octanol–water partition coefficient (Wildman–Crippen LogP) is 3.19. The lowest BCUT2D eigenvalue weighted by Gasteiger charge is -2.25. The Bertz CT molecular complexity index is 1830. The molecule has 1 N–H and O–H groups in total. The highest BCUT2D eigenvalue weighted by molar-refractivity contribution is 6.35. The molecule has 0 unspecified atom stereocenters. The minimum Gasteiger partial charge on any atom is -0.378 e. The van der Waals surface area contributed by atoms with Gasteiger partial charge in [-0.2, -0.15) is 0 Å². The topological polar surface area (TPSA) is 144 Å². The van der Waals surface area contributed by atoms with Crippen molar-refractivity contribution in [3.05, 3.63) is 111 Å². The monoisotopic (exact) mass is 646 g/mol. The van der Waals surface area contributed by atoms with Crippen molar-refractivity contribution in [1.82, 2.24) is 29.9 Å². The zero-order valence-electron chi connectivity index (χ0n) is 23.5. The van der Waals surface area contributed by atoms with Crippen LogP contribution in [0.5, 0.6) is 0 Å². The van der Waals surface area contributed by atoms with E-state index in [0.29, 0.717) is 26.3 Å². The number of carbonyl (C=O) groups excluding carboxylic acids is 5. The number of nitrogens with one attached hydrogen (secondary N) is 1. The van der Waals surface area contributed by atoms with Crippen molar-refractivity contribution < 1.29 is 28.7 Å². The van der Waals surface area contributed by atoms with Crippen LogP contribution >= 0.6 is 23.2 Å². The van der Waals surface area contributed by atoms with Gasteiger partial charge in [-0.25, -0.2) is 9.67 Å². The Balaban J connectivity index is 1.31. The molecule has 3 heterocycles. The summed E-state index contributed by atoms with van der Waals surface area (Å²) < 4.78 is 6.63. The lowest BCUT2D eigenvalue weighted by Crippen LogP contribution is -2.41. The molecule has 12 nitrogen and oxygen atoms in total. The van der Waals surface area contributed by atoms with Crippen molar-refractivity contribution in [3.8, 4) is 5.69 Å². The van der Waals surface area contributed by atoms with Crippen LogP contribution in [-0.4, -0.2) is 86.8 Å². The molecule has 228 valence electrons. The number of nitrogens with zero attached hydrogens (tertiary/aromatic N) is 5. The van der Waals surface area contributed by atoms with Gasteiger partial charge in [0.05, 0.1) is 41.6 Å². The van der Waals surface area contributed by atoms with E-state index in [1.807, 2.05) is 0 Å². The van der Waals surface area contributed by atoms with Gasteiger partial charge in [0, 0.05) is 29.2 Å². The summed E-state index contributed by atoms with van der Waals surface area (Å²) in [6.45, 7) is 0.625. The van der Waals surface area contributed by atoms with E-state index in [4.69, 9.17) is 27.9 Å². The molecule has 4 aromatic rings. The Hall–Kier alpha value is -4.91. The SMILES string of the molecule is O=C(CN1C(=O)c2ccccc2C1=O)NCc1nc(C(=O)N2CCOCC2)nn1-c1ccc(Cl)cc1C(=O)c1ccccc1Cl. The van der Waals surface area contributed by atoms with E-state index in [9.17, 15) is 24.0 Å². The number of aromatic nitrogens is 3. The molecular weight excluding hydrogens is 623 g/mol. The number of benzene rings is 3. The molecule has 0 atom stereocenters. The number of carbonyl (C=O) groups is 5. The van der Waals surface area contributed by atoms with Crippen molar-refractivity contribution in [2.75, 3.05) is 32.8 Å². The van der Waals surface area contributed by atoms with Crippen LogP contribution in [0.15, 0.2) is 66.7 Å². The molecule has 0 bridgehead atoms. The van der Waals surface area contributed by atoms with E-state index in [2.05, 4.69) is 15.4 Å². The predicted molar refractivity (Wildman–Crippen MR) is 162 cm³/mol. The molecule has 45 heavy (non-hydrogen) atoms. The van der Waals surface area contributed by atoms with E-state index in [-0.39, 0.29) is 56.2 Å². The van der Waals surface area contributed by atoms with Crippen LogP contribution in [0, 0.1) is 0 Å². The molecule has 6 rings (SSSR count). The van der Waals surface area contributed by atoms with Gasteiger partial charge >= 0.3 is 0 Å². The second kappa shape index (κ2) is 12.6. The molecular formula is C31H24Cl2N6O6. The Morgan fingerprint density at radius 2 is 1.53 bits per heavy atom. The molecule has 14 heteroatoms. The van der Waals surface area contributed by atoms with Gasteiger partial charge in [-0.3, -0.25) is 28.9 Å². The number of ether oxygens (including phenoxy) is 1. The van der Waals surface area contributed by atoms with Crippen LogP contribution < -0.4 is 5.32 Å². The van der Waals surface area contributed by atoms with Crippen molar-refractivity contribution in [1.29, 1.82) is 0 Å². The van der Waals surface area contributed by atoms with E-state index >= 15 is 0 Å². The number of amides is 4. The molecule has 2 aliphatic heterocycles. The summed E-state index contributed by atoms with van der Waals surface area (Å²) in [5, 5.41) is 7.61. The third-order valence-corrected chi connectivity index (χ3v) is 7.90. The van der Waals surface area contributed by atoms with E-state index < -0.39 is 36.0 Å². The highest BCUT2D eigenvalue weighted by atomic mass is 35.5. The van der Waals surface area contributed by atoms with Gasteiger partial charge in [0.25, 0.3) is 17.7 Å². The first-order valence-corrected chi connectivity index (χ1v) is 14.6. The number of halogens is 2. The van der Waals surface area contributed by atoms with Crippen LogP contribution in [0.25, 0.3) is 5.69 Å². The van der Waals surface area contributed by atoms with Gasteiger partial charge in [-0.05, 0) is 42.5 Å². The summed E-state index contributed by atoms with van der Waals surface area (Å²) in [5.41, 5.74) is 1.04. The van der Waals surface area contributed by atoms with Crippen LogP contribution in [0.2, 0.25) is 10.0 Å². The van der Waals surface area contributed by atoms with Crippen LogP contribution in [0.4, 0.5) is 0 Å². The molecule has 0 aliphatic carbocycles. The van der Waals surface area contributed by atoms with E-state index in [1.54, 1.807) is 53.4 Å². The van der Waals surface area contributed by atoms with Crippen LogP contribution in [-0.2, 0) is 16.1 Å². The van der Waals surface area contributed by atoms with Crippen LogP contribution in [0.1, 0.15) is 53.1 Å². The number of morpholine rings is 1. The Kier molecular flexibility index (Phi) is 8.44. The maximum atomic E-state index is 13.7. The van der Waals surface area contributed by atoms with Crippen molar-refractivity contribution in [2.45, 2.75) is 6.54 Å². The summed E-state index contributed by atoms with van der Waals surface area (Å²) in [4.78, 5) is 72.4. The summed E-state index contributed by atoms with van der Waals surface area (Å²) >= 11 is 12.6. The van der Waals surface area contributed by atoms with Crippen LogP contribution in [0.3, 0.4) is 0 Å². The Morgan fingerprint density at radius 3 is 2.22 bits per heavy atom. The van der Waals surface area contributed by atoms with Gasteiger partial charge in [0.2, 0.25) is 11.7 Å². The van der Waals surface area contributed by atoms with Gasteiger partial charge < -0.3 is 15.0 Å². The molecule has 3 aromatic carbocycles. The molecule has 2 aliphatic rings. The number of ketones is 1. The lowest BCUT2D eigenvalue weighted by atomic mass is 10.0. The number of imide groups is 1. The third kappa shape index (κ3) is 5.95. The standard InChI is InChI=1S/C31H24Cl2N6O6/c32-18-9-10-24(22(15-18)27(41)21-7-3-4-8-23(21)33)39-25(35-28(36-39)31(44)37-11-13-45-14-12-37)16-34-26(40)17-38-29(42)19-5-1-2-6-20(19)30(38)43/h1-10,15H,11-14,16-17H2,(H,34,40). The summed E-state index contributed by atoms with van der Waals surface area (Å²) in [7, 11) is 0. The normalized spacial score (nSPS) is 14.4. The Morgan fingerprint density at radius 1 is 0.867 bits per heavy atom. The number of hydrogen-bond acceptors (Lipinski definition) is 8. The molecule has 1 saturated heterocycles. The maximum Gasteiger partial charge on any atom is 0.293 e. The molecule has 0 radical (unpaired) electrons. The minimum atomic E-state index is -0.649. The maximum absolute atomic E-state index is 13.7. The number of fused-ring (bicyclic) bond motifs is 1. The number of rotatable bonds is 8. The first-order valence-electron chi connectivity index (χ1n) is 13.9. The van der Waals surface area contributed by atoms with Gasteiger partial charge in [-0.1, -0.05) is 47.5 Å². The highest BCUT2D eigenvalue weighted by Gasteiger charge is 2.36. The second-order valence-electron chi connectivity index (χ2n) is 10.2. The summed E-state index contributed by atoms with van der Waals surface area (Å²) in [5.74, 6) is -2.75. The smallest absolute Gasteiger partial charge is 0.293 e. The fourth-order valence-corrected chi connectivity index (χ4v) is 5.47. The third-order valence-electron chi connectivity index (χ3n) is 7.34. The summed E-state index contributed by atoms with van der Waals surface area (Å²) in [6.07, 6.45) is 0. The average Bonchev–Trinajstić information content (AvgIpc) is 3.59. The van der Waals surface area contributed by atoms with Gasteiger partial charge in [0.1, 0.15) is 6.54 Å². The lowest BCUT2D eigenvalue weighted by molar-refractivity contribution is -0.121. The zero-order chi connectivity index (χ0) is 31.7. The first-order chi connectivity index (χ1) is 21.7. The highest BCUT2D eigenvalue weighted by Crippen LogP contribution is 2.27. The first kappa shape index (κ1) is 30.1. The average molecular weight is 647 g/mol. The summed E-state index contributed by atoms with van der Waals surface area (Å²) in [6, 6.07) is 17.4. The molecule has 0 saturated carbocycles.